The maximum Gasteiger partial charge on any atom is 0.191 e. The highest BCUT2D eigenvalue weighted by Gasteiger charge is 2.02. The van der Waals surface area contributed by atoms with E-state index in [0.29, 0.717) is 6.54 Å². The molecule has 0 fully saturated rings. The fourth-order valence-electron chi connectivity index (χ4n) is 2.48. The van der Waals surface area contributed by atoms with E-state index in [9.17, 15) is 0 Å². The molecule has 0 bridgehead atoms. The van der Waals surface area contributed by atoms with Gasteiger partial charge in [0.2, 0.25) is 0 Å². The van der Waals surface area contributed by atoms with E-state index in [-0.39, 0.29) is 24.0 Å². The van der Waals surface area contributed by atoms with E-state index in [4.69, 9.17) is 0 Å². The highest BCUT2D eigenvalue weighted by atomic mass is 127. The Bertz CT molecular complexity index is 645. The van der Waals surface area contributed by atoms with E-state index in [1.54, 1.807) is 6.33 Å². The maximum atomic E-state index is 4.55. The Morgan fingerprint density at radius 3 is 2.46 bits per heavy atom. The lowest BCUT2D eigenvalue weighted by molar-refractivity contribution is 0.763. The Labute approximate surface area is 161 Å². The average molecular weight is 442 g/mol. The number of hydrogen-bond acceptors (Lipinski definition) is 3. The second-order valence-corrected chi connectivity index (χ2v) is 5.73. The zero-order chi connectivity index (χ0) is 16.7. The number of aryl methyl sites for hydroxylation is 3. The zero-order valence-electron chi connectivity index (χ0n) is 14.8. The van der Waals surface area contributed by atoms with Crippen molar-refractivity contribution in [1.29, 1.82) is 0 Å². The first-order valence-electron chi connectivity index (χ1n) is 8.00. The van der Waals surface area contributed by atoms with Crippen LogP contribution >= 0.6 is 24.0 Å². The molecule has 132 valence electrons. The largest absolute Gasteiger partial charge is 0.357 e. The van der Waals surface area contributed by atoms with E-state index in [1.807, 2.05) is 11.6 Å². The van der Waals surface area contributed by atoms with Crippen LogP contribution in [0.15, 0.2) is 29.5 Å². The van der Waals surface area contributed by atoms with Crippen LogP contribution in [0.1, 0.15) is 29.4 Å². The predicted molar refractivity (Wildman–Crippen MR) is 109 cm³/mol. The summed E-state index contributed by atoms with van der Waals surface area (Å²) in [5.41, 5.74) is 3.96. The molecular formula is C17H27IN6. The van der Waals surface area contributed by atoms with Crippen molar-refractivity contribution in [3.05, 3.63) is 47.0 Å². The number of aromatic nitrogens is 3. The molecule has 1 aromatic heterocycles. The van der Waals surface area contributed by atoms with Crippen LogP contribution in [0.4, 0.5) is 0 Å². The number of hydrogen-bond donors (Lipinski definition) is 2. The standard InChI is InChI=1S/C17H26N6.HI/c1-5-18-17(20-11-16-22-21-12-23(16)4)19-7-6-15-9-13(2)8-14(3)10-15;/h8-10,12H,5-7,11H2,1-4H3,(H2,18,19,20);1H. The minimum atomic E-state index is 0. The molecule has 6 nitrogen and oxygen atoms in total. The van der Waals surface area contributed by atoms with Gasteiger partial charge in [-0.2, -0.15) is 0 Å². The van der Waals surface area contributed by atoms with Gasteiger partial charge in [-0.1, -0.05) is 29.3 Å². The maximum absolute atomic E-state index is 4.55. The van der Waals surface area contributed by atoms with Crippen molar-refractivity contribution in [3.8, 4) is 0 Å². The summed E-state index contributed by atoms with van der Waals surface area (Å²) in [6.07, 6.45) is 2.65. The van der Waals surface area contributed by atoms with Gasteiger partial charge in [0.15, 0.2) is 11.8 Å². The lowest BCUT2D eigenvalue weighted by atomic mass is 10.1. The smallest absolute Gasteiger partial charge is 0.191 e. The third kappa shape index (κ3) is 6.46. The zero-order valence-corrected chi connectivity index (χ0v) is 17.2. The van der Waals surface area contributed by atoms with E-state index < -0.39 is 0 Å². The van der Waals surface area contributed by atoms with Crippen molar-refractivity contribution in [3.63, 3.8) is 0 Å². The first-order chi connectivity index (χ1) is 11.1. The number of guanidine groups is 1. The number of rotatable bonds is 6. The average Bonchev–Trinajstić information content (AvgIpc) is 2.89. The van der Waals surface area contributed by atoms with Gasteiger partial charge in [-0.15, -0.1) is 34.2 Å². The number of halogens is 1. The number of nitrogens with zero attached hydrogens (tertiary/aromatic N) is 4. The Balaban J connectivity index is 0.00000288. The first-order valence-corrected chi connectivity index (χ1v) is 8.00. The topological polar surface area (TPSA) is 67.1 Å². The van der Waals surface area contributed by atoms with Gasteiger partial charge < -0.3 is 15.2 Å². The molecule has 2 rings (SSSR count). The summed E-state index contributed by atoms with van der Waals surface area (Å²) in [6, 6.07) is 6.67. The summed E-state index contributed by atoms with van der Waals surface area (Å²) in [5, 5.41) is 14.5. The highest BCUT2D eigenvalue weighted by molar-refractivity contribution is 14.0. The molecule has 0 saturated carbocycles. The van der Waals surface area contributed by atoms with Crippen molar-refractivity contribution in [2.24, 2.45) is 12.0 Å². The molecule has 0 aliphatic carbocycles. The summed E-state index contributed by atoms with van der Waals surface area (Å²) < 4.78 is 1.88. The van der Waals surface area contributed by atoms with Crippen LogP contribution in [0.2, 0.25) is 0 Å². The molecule has 0 radical (unpaired) electrons. The normalized spacial score (nSPS) is 11.1. The minimum Gasteiger partial charge on any atom is -0.357 e. The lowest BCUT2D eigenvalue weighted by Crippen LogP contribution is -2.38. The highest BCUT2D eigenvalue weighted by Crippen LogP contribution is 2.08. The fraction of sp³-hybridized carbons (Fsp3) is 0.471. The van der Waals surface area contributed by atoms with Crippen LogP contribution in [0.5, 0.6) is 0 Å². The molecule has 2 aromatic rings. The van der Waals surface area contributed by atoms with Gasteiger partial charge in [0.25, 0.3) is 0 Å². The van der Waals surface area contributed by atoms with Gasteiger partial charge in [-0.05, 0) is 32.8 Å². The van der Waals surface area contributed by atoms with Gasteiger partial charge in [0, 0.05) is 20.1 Å². The molecule has 0 amide bonds. The summed E-state index contributed by atoms with van der Waals surface area (Å²) in [5.74, 6) is 1.65. The van der Waals surface area contributed by atoms with Crippen LogP contribution in [0.3, 0.4) is 0 Å². The van der Waals surface area contributed by atoms with Crippen molar-refractivity contribution in [2.75, 3.05) is 13.1 Å². The predicted octanol–water partition coefficient (Wildman–Crippen LogP) is 2.35. The Kier molecular flexibility index (Phi) is 8.73. The van der Waals surface area contributed by atoms with E-state index >= 15 is 0 Å². The van der Waals surface area contributed by atoms with E-state index in [1.165, 1.54) is 16.7 Å². The van der Waals surface area contributed by atoms with Crippen molar-refractivity contribution < 1.29 is 0 Å². The summed E-state index contributed by atoms with van der Waals surface area (Å²) >= 11 is 0. The van der Waals surface area contributed by atoms with E-state index in [0.717, 1.165) is 31.3 Å². The molecule has 0 saturated heterocycles. The lowest BCUT2D eigenvalue weighted by Gasteiger charge is -2.11. The first kappa shape index (κ1) is 20.4. The summed E-state index contributed by atoms with van der Waals surface area (Å²) in [7, 11) is 1.92. The quantitative estimate of drug-likeness (QED) is 0.410. The van der Waals surface area contributed by atoms with Crippen LogP contribution in [-0.2, 0) is 20.0 Å². The molecule has 2 N–H and O–H groups in total. The monoisotopic (exact) mass is 442 g/mol. The molecule has 24 heavy (non-hydrogen) atoms. The van der Waals surface area contributed by atoms with Gasteiger partial charge in [0.05, 0.1) is 0 Å². The van der Waals surface area contributed by atoms with E-state index in [2.05, 4.69) is 64.8 Å². The number of benzene rings is 1. The molecule has 0 atom stereocenters. The van der Waals surface area contributed by atoms with Crippen LogP contribution in [-0.4, -0.2) is 33.8 Å². The van der Waals surface area contributed by atoms with Gasteiger partial charge in [-0.3, -0.25) is 0 Å². The Hall–Kier alpha value is -1.64. The van der Waals surface area contributed by atoms with Crippen LogP contribution < -0.4 is 10.6 Å². The Morgan fingerprint density at radius 1 is 1.17 bits per heavy atom. The second-order valence-electron chi connectivity index (χ2n) is 5.73. The van der Waals surface area contributed by atoms with Crippen LogP contribution in [0, 0.1) is 13.8 Å². The van der Waals surface area contributed by atoms with Crippen molar-refractivity contribution >= 4 is 29.9 Å². The Morgan fingerprint density at radius 2 is 1.88 bits per heavy atom. The van der Waals surface area contributed by atoms with Crippen molar-refractivity contribution in [2.45, 2.75) is 33.7 Å². The summed E-state index contributed by atoms with van der Waals surface area (Å²) in [6.45, 7) is 8.51. The molecular weight excluding hydrogens is 415 g/mol. The second kappa shape index (κ2) is 10.3. The van der Waals surface area contributed by atoms with Gasteiger partial charge in [-0.25, -0.2) is 4.99 Å². The molecule has 0 aliphatic rings. The van der Waals surface area contributed by atoms with Crippen molar-refractivity contribution in [1.82, 2.24) is 25.4 Å². The SMILES string of the molecule is CCNC(=NCc1nncn1C)NCCc1cc(C)cc(C)c1.I. The number of nitrogens with one attached hydrogen (secondary N) is 2. The molecule has 7 heteroatoms. The molecule has 0 aliphatic heterocycles. The molecule has 0 unspecified atom stereocenters. The number of aliphatic imine (C=N–C) groups is 1. The van der Waals surface area contributed by atoms with Gasteiger partial charge >= 0.3 is 0 Å². The molecule has 0 spiro atoms. The summed E-state index contributed by atoms with van der Waals surface area (Å²) in [4.78, 5) is 4.55. The third-order valence-corrected chi connectivity index (χ3v) is 3.52. The molecule has 1 aromatic carbocycles. The fourth-order valence-corrected chi connectivity index (χ4v) is 2.48. The molecule has 1 heterocycles. The van der Waals surface area contributed by atoms with Crippen LogP contribution in [0.25, 0.3) is 0 Å². The minimum absolute atomic E-state index is 0. The van der Waals surface area contributed by atoms with Gasteiger partial charge in [0.1, 0.15) is 12.9 Å². The third-order valence-electron chi connectivity index (χ3n) is 3.52.